The lowest BCUT2D eigenvalue weighted by Crippen LogP contribution is -2.08. The molecule has 0 unspecified atom stereocenters. The molecule has 0 saturated heterocycles. The number of para-hydroxylation sites is 1. The Hall–Kier alpha value is -3.74. The van der Waals surface area contributed by atoms with E-state index in [1.807, 2.05) is 41.9 Å². The molecule has 4 aromatic rings. The Labute approximate surface area is 160 Å². The summed E-state index contributed by atoms with van der Waals surface area (Å²) in [6.07, 6.45) is 1.57. The zero-order valence-corrected chi connectivity index (χ0v) is 15.5. The number of phenolic OH excluding ortho intramolecular Hbond substituents is 3. The molecule has 2 aromatic carbocycles. The summed E-state index contributed by atoms with van der Waals surface area (Å²) in [6, 6.07) is 9.63. The highest BCUT2D eigenvalue weighted by Gasteiger charge is 2.29. The molecular weight excluding hydrogens is 360 g/mol. The van der Waals surface area contributed by atoms with Gasteiger partial charge in [-0.15, -0.1) is 0 Å². The molecule has 2 aromatic heterocycles. The topological polar surface area (TPSA) is 105 Å². The minimum Gasteiger partial charge on any atom is -0.504 e. The third-order valence-corrected chi connectivity index (χ3v) is 5.11. The summed E-state index contributed by atoms with van der Waals surface area (Å²) < 4.78 is 6.76. The number of carbonyl (C=O) groups excluding carboxylic acids is 1. The number of esters is 1. The first kappa shape index (κ1) is 17.7. The molecule has 0 saturated carbocycles. The number of methoxy groups -OCH3 is 1. The fourth-order valence-electron chi connectivity index (χ4n) is 3.73. The third kappa shape index (κ3) is 2.22. The summed E-state index contributed by atoms with van der Waals surface area (Å²) in [5.74, 6) is -2.67. The van der Waals surface area contributed by atoms with Gasteiger partial charge in [0.1, 0.15) is 0 Å². The minimum absolute atomic E-state index is 0.0103. The first-order valence-corrected chi connectivity index (χ1v) is 8.56. The Morgan fingerprint density at radius 3 is 2.46 bits per heavy atom. The highest BCUT2D eigenvalue weighted by atomic mass is 16.5. The predicted octanol–water partition coefficient (Wildman–Crippen LogP) is 3.61. The van der Waals surface area contributed by atoms with Gasteiger partial charge in [-0.25, -0.2) is 4.79 Å². The number of aromatic nitrogens is 2. The third-order valence-electron chi connectivity index (χ3n) is 5.11. The summed E-state index contributed by atoms with van der Waals surface area (Å²) in [7, 11) is 3.06. The average Bonchev–Trinajstić information content (AvgIpc) is 3.01. The van der Waals surface area contributed by atoms with Crippen LogP contribution in [0.2, 0.25) is 0 Å². The number of aryl methyl sites for hydroxylation is 1. The van der Waals surface area contributed by atoms with Crippen molar-refractivity contribution in [1.82, 2.24) is 9.55 Å². The molecule has 0 aliphatic rings. The van der Waals surface area contributed by atoms with Gasteiger partial charge in [0, 0.05) is 35.1 Å². The number of rotatable bonds is 2. The smallest absolute Gasteiger partial charge is 0.339 e. The number of phenols is 3. The molecule has 4 rings (SSSR count). The van der Waals surface area contributed by atoms with Crippen molar-refractivity contribution in [2.75, 3.05) is 7.11 Å². The van der Waals surface area contributed by atoms with Gasteiger partial charge in [-0.05, 0) is 19.1 Å². The molecule has 0 aliphatic heterocycles. The average molecular weight is 378 g/mol. The van der Waals surface area contributed by atoms with Crippen molar-refractivity contribution in [3.05, 3.63) is 47.7 Å². The van der Waals surface area contributed by atoms with Gasteiger partial charge in [0.15, 0.2) is 11.5 Å². The van der Waals surface area contributed by atoms with Crippen molar-refractivity contribution in [1.29, 1.82) is 0 Å². The molecule has 7 heteroatoms. The van der Waals surface area contributed by atoms with Gasteiger partial charge >= 0.3 is 5.97 Å². The van der Waals surface area contributed by atoms with Gasteiger partial charge in [-0.1, -0.05) is 18.2 Å². The van der Waals surface area contributed by atoms with Crippen molar-refractivity contribution >= 4 is 27.8 Å². The number of nitrogens with zero attached hydrogens (tertiary/aromatic N) is 2. The van der Waals surface area contributed by atoms with Crippen LogP contribution in [0.3, 0.4) is 0 Å². The number of ether oxygens (including phenoxy) is 1. The number of fused-ring (bicyclic) bond motifs is 3. The highest BCUT2D eigenvalue weighted by Crippen LogP contribution is 2.49. The van der Waals surface area contributed by atoms with Gasteiger partial charge < -0.3 is 24.6 Å². The second-order valence-electron chi connectivity index (χ2n) is 6.54. The van der Waals surface area contributed by atoms with Crippen LogP contribution in [0.25, 0.3) is 33.1 Å². The van der Waals surface area contributed by atoms with Gasteiger partial charge in [0.05, 0.1) is 29.4 Å². The molecule has 2 heterocycles. The highest BCUT2D eigenvalue weighted by molar-refractivity contribution is 6.14. The summed E-state index contributed by atoms with van der Waals surface area (Å²) in [4.78, 5) is 16.9. The zero-order chi connectivity index (χ0) is 20.2. The molecule has 0 radical (unpaired) electrons. The minimum atomic E-state index is -0.754. The first-order chi connectivity index (χ1) is 13.4. The number of carbonyl (C=O) groups is 1. The fourth-order valence-corrected chi connectivity index (χ4v) is 3.73. The number of benzene rings is 2. The Morgan fingerprint density at radius 2 is 1.75 bits per heavy atom. The van der Waals surface area contributed by atoms with E-state index in [4.69, 9.17) is 4.74 Å². The predicted molar refractivity (Wildman–Crippen MR) is 105 cm³/mol. The quantitative estimate of drug-likeness (QED) is 0.364. The van der Waals surface area contributed by atoms with Crippen molar-refractivity contribution in [2.45, 2.75) is 6.92 Å². The molecule has 0 bridgehead atoms. The van der Waals surface area contributed by atoms with Crippen LogP contribution >= 0.6 is 0 Å². The van der Waals surface area contributed by atoms with E-state index in [2.05, 4.69) is 4.98 Å². The SMILES string of the molecule is COC(=O)c1c(C)c(O)c(O)c(O)c1-c1nccc2c3ccccc3n(C)c12. The molecule has 3 N–H and O–H groups in total. The molecule has 0 atom stereocenters. The van der Waals surface area contributed by atoms with Crippen molar-refractivity contribution in [3.8, 4) is 28.5 Å². The van der Waals surface area contributed by atoms with Gasteiger partial charge in [-0.3, -0.25) is 4.98 Å². The van der Waals surface area contributed by atoms with E-state index in [1.54, 1.807) is 6.20 Å². The summed E-state index contributed by atoms with van der Waals surface area (Å²) in [5, 5.41) is 32.8. The molecule has 28 heavy (non-hydrogen) atoms. The summed E-state index contributed by atoms with van der Waals surface area (Å²) in [6.45, 7) is 1.46. The molecule has 0 spiro atoms. The van der Waals surface area contributed by atoms with Crippen LogP contribution in [-0.4, -0.2) is 37.9 Å². The normalized spacial score (nSPS) is 11.2. The standard InChI is InChI=1S/C21H18N2O5/c1-10-14(21(27)28-3)15(19(25)20(26)18(10)24)16-17-12(8-9-22-16)11-6-4-5-7-13(11)23(17)2/h4-9,24-26H,1-3H3. The van der Waals surface area contributed by atoms with Crippen LogP contribution in [0, 0.1) is 6.92 Å². The first-order valence-electron chi connectivity index (χ1n) is 8.56. The molecular formula is C21H18N2O5. The number of hydrogen-bond acceptors (Lipinski definition) is 6. The van der Waals surface area contributed by atoms with E-state index in [0.717, 1.165) is 16.3 Å². The van der Waals surface area contributed by atoms with Crippen LogP contribution in [0.1, 0.15) is 15.9 Å². The van der Waals surface area contributed by atoms with Crippen molar-refractivity contribution in [2.24, 2.45) is 7.05 Å². The Kier molecular flexibility index (Phi) is 3.88. The zero-order valence-electron chi connectivity index (χ0n) is 15.5. The Balaban J connectivity index is 2.22. The monoisotopic (exact) mass is 378 g/mol. The lowest BCUT2D eigenvalue weighted by molar-refractivity contribution is 0.0599. The maximum absolute atomic E-state index is 12.5. The van der Waals surface area contributed by atoms with E-state index in [1.165, 1.54) is 14.0 Å². The van der Waals surface area contributed by atoms with E-state index >= 15 is 0 Å². The van der Waals surface area contributed by atoms with Crippen LogP contribution < -0.4 is 0 Å². The second kappa shape index (κ2) is 6.16. The molecule has 7 nitrogen and oxygen atoms in total. The number of hydrogen-bond donors (Lipinski definition) is 3. The lowest BCUT2D eigenvalue weighted by atomic mass is 9.95. The van der Waals surface area contributed by atoms with E-state index in [-0.39, 0.29) is 16.7 Å². The maximum atomic E-state index is 12.5. The van der Waals surface area contributed by atoms with Crippen molar-refractivity contribution in [3.63, 3.8) is 0 Å². The molecule has 0 aliphatic carbocycles. The summed E-state index contributed by atoms with van der Waals surface area (Å²) in [5.41, 5.74) is 1.97. The summed E-state index contributed by atoms with van der Waals surface area (Å²) >= 11 is 0. The van der Waals surface area contributed by atoms with Crippen LogP contribution in [0.5, 0.6) is 17.2 Å². The van der Waals surface area contributed by atoms with E-state index in [0.29, 0.717) is 11.2 Å². The fraction of sp³-hybridized carbons (Fsp3) is 0.143. The molecule has 142 valence electrons. The Bertz CT molecular complexity index is 1270. The second-order valence-corrected chi connectivity index (χ2v) is 6.54. The largest absolute Gasteiger partial charge is 0.504 e. The van der Waals surface area contributed by atoms with E-state index in [9.17, 15) is 20.1 Å². The lowest BCUT2D eigenvalue weighted by Gasteiger charge is -2.16. The van der Waals surface area contributed by atoms with Crippen LogP contribution in [-0.2, 0) is 11.8 Å². The number of pyridine rings is 1. The molecule has 0 fully saturated rings. The van der Waals surface area contributed by atoms with Gasteiger partial charge in [0.25, 0.3) is 0 Å². The van der Waals surface area contributed by atoms with Gasteiger partial charge in [-0.2, -0.15) is 0 Å². The van der Waals surface area contributed by atoms with Gasteiger partial charge in [0.2, 0.25) is 5.75 Å². The van der Waals surface area contributed by atoms with E-state index < -0.39 is 23.2 Å². The van der Waals surface area contributed by atoms with Crippen LogP contribution in [0.15, 0.2) is 36.5 Å². The Morgan fingerprint density at radius 1 is 1.04 bits per heavy atom. The molecule has 0 amide bonds. The number of aromatic hydroxyl groups is 3. The van der Waals surface area contributed by atoms with Crippen molar-refractivity contribution < 1.29 is 24.9 Å². The van der Waals surface area contributed by atoms with Crippen LogP contribution in [0.4, 0.5) is 0 Å². The maximum Gasteiger partial charge on any atom is 0.339 e.